The van der Waals surface area contributed by atoms with Crippen LogP contribution >= 0.6 is 0 Å². The van der Waals surface area contributed by atoms with E-state index >= 15 is 0 Å². The van der Waals surface area contributed by atoms with Crippen LogP contribution in [-0.4, -0.2) is 17.1 Å². The van der Waals surface area contributed by atoms with E-state index in [9.17, 15) is 0 Å². The van der Waals surface area contributed by atoms with E-state index in [0.29, 0.717) is 18.2 Å². The molecule has 0 saturated heterocycles. The number of nitrogens with zero attached hydrogens (tertiary/aromatic N) is 2. The monoisotopic (exact) mass is 258 g/mol. The summed E-state index contributed by atoms with van der Waals surface area (Å²) in [6.45, 7) is 2.54. The van der Waals surface area contributed by atoms with Crippen molar-refractivity contribution in [3.8, 4) is 0 Å². The number of hydrogen-bond acceptors (Lipinski definition) is 5. The molecule has 2 aromatic rings. The van der Waals surface area contributed by atoms with Crippen molar-refractivity contribution in [2.75, 3.05) is 18.2 Å². The Bertz CT molecular complexity index is 557. The van der Waals surface area contributed by atoms with Gasteiger partial charge in [0.25, 0.3) is 0 Å². The molecule has 19 heavy (non-hydrogen) atoms. The Kier molecular flexibility index (Phi) is 4.30. The number of nitrogens with one attached hydrogen (secondary N) is 1. The third-order valence-corrected chi connectivity index (χ3v) is 2.69. The van der Waals surface area contributed by atoms with Gasteiger partial charge in [-0.1, -0.05) is 25.1 Å². The highest BCUT2D eigenvalue weighted by Crippen LogP contribution is 2.21. The van der Waals surface area contributed by atoms with Crippen LogP contribution in [-0.2, 0) is 17.8 Å². The molecule has 0 radical (unpaired) electrons. The number of aryl methyl sites for hydroxylation is 1. The molecule has 0 spiro atoms. The van der Waals surface area contributed by atoms with E-state index in [0.717, 1.165) is 23.5 Å². The summed E-state index contributed by atoms with van der Waals surface area (Å²) in [5.41, 5.74) is 7.80. The Morgan fingerprint density at radius 1 is 1.26 bits per heavy atom. The van der Waals surface area contributed by atoms with Crippen molar-refractivity contribution >= 4 is 17.3 Å². The van der Waals surface area contributed by atoms with Crippen LogP contribution in [0.25, 0.3) is 0 Å². The fourth-order valence-electron chi connectivity index (χ4n) is 1.80. The first-order valence-corrected chi connectivity index (χ1v) is 6.20. The van der Waals surface area contributed by atoms with Gasteiger partial charge in [0.2, 0.25) is 0 Å². The standard InChI is InChI=1S/C14H18N4O/c1-3-13-17-12(15)8-14(18-13)16-11-7-5-4-6-10(11)9-19-2/h4-8H,3,9H2,1-2H3,(H3,15,16,17,18). The summed E-state index contributed by atoms with van der Waals surface area (Å²) in [4.78, 5) is 8.56. The van der Waals surface area contributed by atoms with Gasteiger partial charge in [-0.25, -0.2) is 9.97 Å². The van der Waals surface area contributed by atoms with Crippen LogP contribution in [0.5, 0.6) is 0 Å². The zero-order valence-corrected chi connectivity index (χ0v) is 11.2. The number of ether oxygens (including phenoxy) is 1. The molecule has 0 bridgehead atoms. The zero-order valence-electron chi connectivity index (χ0n) is 11.2. The molecule has 5 nitrogen and oxygen atoms in total. The van der Waals surface area contributed by atoms with Crippen molar-refractivity contribution in [1.29, 1.82) is 0 Å². The molecule has 1 aromatic carbocycles. The second-order valence-corrected chi connectivity index (χ2v) is 4.16. The molecule has 0 fully saturated rings. The third-order valence-electron chi connectivity index (χ3n) is 2.69. The number of rotatable bonds is 5. The Balaban J connectivity index is 2.28. The molecule has 0 saturated carbocycles. The van der Waals surface area contributed by atoms with Gasteiger partial charge in [0, 0.05) is 30.8 Å². The second-order valence-electron chi connectivity index (χ2n) is 4.16. The molecule has 0 unspecified atom stereocenters. The number of hydrogen-bond donors (Lipinski definition) is 2. The Hall–Kier alpha value is -2.14. The van der Waals surface area contributed by atoms with E-state index in [1.807, 2.05) is 31.2 Å². The lowest BCUT2D eigenvalue weighted by Gasteiger charge is -2.11. The lowest BCUT2D eigenvalue weighted by atomic mass is 10.2. The van der Waals surface area contributed by atoms with Crippen LogP contribution in [0.4, 0.5) is 17.3 Å². The summed E-state index contributed by atoms with van der Waals surface area (Å²) in [6, 6.07) is 9.66. The van der Waals surface area contributed by atoms with Crippen LogP contribution in [0.1, 0.15) is 18.3 Å². The topological polar surface area (TPSA) is 73.1 Å². The number of aromatic nitrogens is 2. The molecular weight excluding hydrogens is 240 g/mol. The van der Waals surface area contributed by atoms with Gasteiger partial charge in [0.05, 0.1) is 6.61 Å². The summed E-state index contributed by atoms with van der Waals surface area (Å²) in [6.07, 6.45) is 0.749. The van der Waals surface area contributed by atoms with Crippen molar-refractivity contribution in [3.63, 3.8) is 0 Å². The maximum Gasteiger partial charge on any atom is 0.136 e. The van der Waals surface area contributed by atoms with Crippen molar-refractivity contribution in [3.05, 3.63) is 41.7 Å². The number of benzene rings is 1. The minimum atomic E-state index is 0.471. The molecule has 1 aromatic heterocycles. The number of nitrogen functional groups attached to an aromatic ring is 1. The van der Waals surface area contributed by atoms with Gasteiger partial charge >= 0.3 is 0 Å². The van der Waals surface area contributed by atoms with Crippen LogP contribution in [0, 0.1) is 0 Å². The molecule has 0 aliphatic heterocycles. The Morgan fingerprint density at radius 3 is 2.79 bits per heavy atom. The van der Waals surface area contributed by atoms with E-state index < -0.39 is 0 Å². The number of methoxy groups -OCH3 is 1. The van der Waals surface area contributed by atoms with Crippen molar-refractivity contribution < 1.29 is 4.74 Å². The van der Waals surface area contributed by atoms with Gasteiger partial charge in [-0.15, -0.1) is 0 Å². The van der Waals surface area contributed by atoms with Gasteiger partial charge in [-0.3, -0.25) is 0 Å². The second kappa shape index (κ2) is 6.15. The third kappa shape index (κ3) is 3.42. The van der Waals surface area contributed by atoms with Gasteiger partial charge in [-0.05, 0) is 6.07 Å². The Morgan fingerprint density at radius 2 is 2.05 bits per heavy atom. The van der Waals surface area contributed by atoms with Crippen LogP contribution < -0.4 is 11.1 Å². The Labute approximate surface area is 112 Å². The highest BCUT2D eigenvalue weighted by molar-refractivity contribution is 5.62. The van der Waals surface area contributed by atoms with E-state index in [1.165, 1.54) is 0 Å². The van der Waals surface area contributed by atoms with Crippen molar-refractivity contribution in [1.82, 2.24) is 9.97 Å². The number of para-hydroxylation sites is 1. The maximum atomic E-state index is 5.77. The number of nitrogens with two attached hydrogens (primary N) is 1. The predicted octanol–water partition coefficient (Wildman–Crippen LogP) is 2.51. The largest absolute Gasteiger partial charge is 0.384 e. The molecular formula is C14H18N4O. The molecule has 2 rings (SSSR count). The molecule has 1 heterocycles. The normalized spacial score (nSPS) is 10.4. The first-order valence-electron chi connectivity index (χ1n) is 6.20. The molecule has 5 heteroatoms. The fourth-order valence-corrected chi connectivity index (χ4v) is 1.80. The first-order chi connectivity index (χ1) is 9.22. The smallest absolute Gasteiger partial charge is 0.136 e. The minimum absolute atomic E-state index is 0.471. The molecule has 3 N–H and O–H groups in total. The predicted molar refractivity (Wildman–Crippen MR) is 76.3 cm³/mol. The fraction of sp³-hybridized carbons (Fsp3) is 0.286. The molecule has 0 amide bonds. The minimum Gasteiger partial charge on any atom is -0.384 e. The van der Waals surface area contributed by atoms with Crippen molar-refractivity contribution in [2.45, 2.75) is 20.0 Å². The van der Waals surface area contributed by atoms with Gasteiger partial charge in [0.15, 0.2) is 0 Å². The van der Waals surface area contributed by atoms with Crippen LogP contribution in [0.2, 0.25) is 0 Å². The summed E-state index contributed by atoms with van der Waals surface area (Å²) in [5.74, 6) is 1.90. The quantitative estimate of drug-likeness (QED) is 0.862. The average molecular weight is 258 g/mol. The summed E-state index contributed by atoms with van der Waals surface area (Å²) < 4.78 is 5.18. The zero-order chi connectivity index (χ0) is 13.7. The lowest BCUT2D eigenvalue weighted by molar-refractivity contribution is 0.185. The lowest BCUT2D eigenvalue weighted by Crippen LogP contribution is -2.04. The van der Waals surface area contributed by atoms with Gasteiger partial charge in [0.1, 0.15) is 17.5 Å². The first kappa shape index (κ1) is 13.3. The molecule has 0 aliphatic carbocycles. The molecule has 100 valence electrons. The summed E-state index contributed by atoms with van der Waals surface area (Å²) >= 11 is 0. The highest BCUT2D eigenvalue weighted by Gasteiger charge is 2.05. The SMILES string of the molecule is CCc1nc(N)cc(Nc2ccccc2COC)n1. The van der Waals surface area contributed by atoms with E-state index in [-0.39, 0.29) is 0 Å². The van der Waals surface area contributed by atoms with E-state index in [1.54, 1.807) is 13.2 Å². The van der Waals surface area contributed by atoms with Crippen molar-refractivity contribution in [2.24, 2.45) is 0 Å². The molecule has 0 aliphatic rings. The van der Waals surface area contributed by atoms with Gasteiger partial charge in [-0.2, -0.15) is 0 Å². The average Bonchev–Trinajstić information content (AvgIpc) is 2.40. The summed E-state index contributed by atoms with van der Waals surface area (Å²) in [7, 11) is 1.68. The highest BCUT2D eigenvalue weighted by atomic mass is 16.5. The van der Waals surface area contributed by atoms with E-state index in [4.69, 9.17) is 10.5 Å². The van der Waals surface area contributed by atoms with Crippen LogP contribution in [0.15, 0.2) is 30.3 Å². The molecule has 0 atom stereocenters. The summed E-state index contributed by atoms with van der Waals surface area (Å²) in [5, 5.41) is 3.26. The van der Waals surface area contributed by atoms with E-state index in [2.05, 4.69) is 15.3 Å². The van der Waals surface area contributed by atoms with Gasteiger partial charge < -0.3 is 15.8 Å². The maximum absolute atomic E-state index is 5.77. The van der Waals surface area contributed by atoms with Crippen LogP contribution in [0.3, 0.4) is 0 Å². The number of anilines is 3.